The first kappa shape index (κ1) is 17.3. The van der Waals surface area contributed by atoms with Crippen LogP contribution in [-0.4, -0.2) is 18.6 Å². The minimum absolute atomic E-state index is 0.101. The van der Waals surface area contributed by atoms with Crippen molar-refractivity contribution in [2.45, 2.75) is 46.5 Å². The Morgan fingerprint density at radius 1 is 1.24 bits per heavy atom. The lowest BCUT2D eigenvalue weighted by atomic mass is 9.96. The molecule has 0 amide bonds. The van der Waals surface area contributed by atoms with Crippen molar-refractivity contribution >= 4 is 5.69 Å². The molecule has 0 bridgehead atoms. The molecule has 0 aliphatic rings. The van der Waals surface area contributed by atoms with Gasteiger partial charge in [0.05, 0.1) is 24.7 Å². The predicted octanol–water partition coefficient (Wildman–Crippen LogP) is 4.54. The number of hydrogen-bond donors (Lipinski definition) is 0. The smallest absolute Gasteiger partial charge is 0.276 e. The SMILES string of the molecule is CCC(C)c1cc(OC)c(OCCC(C)C)cc1[N+](=O)[O-]. The van der Waals surface area contributed by atoms with Crippen molar-refractivity contribution in [2.75, 3.05) is 13.7 Å². The lowest BCUT2D eigenvalue weighted by Crippen LogP contribution is -2.05. The van der Waals surface area contributed by atoms with Crippen LogP contribution in [0.25, 0.3) is 0 Å². The van der Waals surface area contributed by atoms with Gasteiger partial charge in [0, 0.05) is 5.56 Å². The standard InChI is InChI=1S/C16H25NO4/c1-6-12(4)13-9-15(20-5)16(10-14(13)17(18)19)21-8-7-11(2)3/h9-12H,6-8H2,1-5H3. The van der Waals surface area contributed by atoms with Crippen LogP contribution in [0.3, 0.4) is 0 Å². The van der Waals surface area contributed by atoms with E-state index in [9.17, 15) is 10.1 Å². The largest absolute Gasteiger partial charge is 0.493 e. The van der Waals surface area contributed by atoms with Gasteiger partial charge in [-0.05, 0) is 30.7 Å². The van der Waals surface area contributed by atoms with E-state index >= 15 is 0 Å². The summed E-state index contributed by atoms with van der Waals surface area (Å²) < 4.78 is 11.0. The summed E-state index contributed by atoms with van der Waals surface area (Å²) in [6.07, 6.45) is 1.72. The summed E-state index contributed by atoms with van der Waals surface area (Å²) in [6.45, 7) is 8.72. The first-order chi connectivity index (χ1) is 9.90. The number of nitro benzene ring substituents is 1. The summed E-state index contributed by atoms with van der Waals surface area (Å²) in [6, 6.07) is 3.22. The van der Waals surface area contributed by atoms with Crippen molar-refractivity contribution in [1.29, 1.82) is 0 Å². The number of methoxy groups -OCH3 is 1. The van der Waals surface area contributed by atoms with Crippen LogP contribution in [0.4, 0.5) is 5.69 Å². The molecule has 0 N–H and O–H groups in total. The Morgan fingerprint density at radius 2 is 1.90 bits per heavy atom. The summed E-state index contributed by atoms with van der Waals surface area (Å²) in [4.78, 5) is 10.9. The van der Waals surface area contributed by atoms with Crippen molar-refractivity contribution in [3.8, 4) is 11.5 Å². The Bertz CT molecular complexity index is 485. The number of ether oxygens (including phenoxy) is 2. The molecule has 0 fully saturated rings. The molecular formula is C16H25NO4. The van der Waals surface area contributed by atoms with Crippen molar-refractivity contribution in [1.82, 2.24) is 0 Å². The van der Waals surface area contributed by atoms with Crippen LogP contribution in [-0.2, 0) is 0 Å². The Kier molecular flexibility index (Phi) is 6.46. The average molecular weight is 295 g/mol. The average Bonchev–Trinajstić information content (AvgIpc) is 2.45. The number of nitrogens with zero attached hydrogens (tertiary/aromatic N) is 1. The Hall–Kier alpha value is -1.78. The van der Waals surface area contributed by atoms with Gasteiger partial charge in [-0.25, -0.2) is 0 Å². The third kappa shape index (κ3) is 4.62. The second-order valence-corrected chi connectivity index (χ2v) is 5.66. The molecule has 0 aromatic heterocycles. The monoisotopic (exact) mass is 295 g/mol. The second-order valence-electron chi connectivity index (χ2n) is 5.66. The number of rotatable bonds is 8. The molecule has 1 aromatic rings. The van der Waals surface area contributed by atoms with Crippen LogP contribution < -0.4 is 9.47 Å². The number of hydrogen-bond acceptors (Lipinski definition) is 4. The van der Waals surface area contributed by atoms with Crippen LogP contribution in [0.5, 0.6) is 11.5 Å². The zero-order valence-electron chi connectivity index (χ0n) is 13.5. The molecule has 1 aromatic carbocycles. The van der Waals surface area contributed by atoms with Gasteiger partial charge in [0.15, 0.2) is 11.5 Å². The minimum atomic E-state index is -0.351. The summed E-state index contributed by atoms with van der Waals surface area (Å²) >= 11 is 0. The molecule has 0 spiro atoms. The molecule has 0 saturated carbocycles. The molecule has 1 unspecified atom stereocenters. The number of nitro groups is 1. The Morgan fingerprint density at radius 3 is 2.38 bits per heavy atom. The van der Waals surface area contributed by atoms with Crippen molar-refractivity contribution in [3.05, 3.63) is 27.8 Å². The van der Waals surface area contributed by atoms with Gasteiger partial charge in [-0.1, -0.05) is 27.7 Å². The predicted molar refractivity (Wildman–Crippen MR) is 83.3 cm³/mol. The molecule has 118 valence electrons. The number of benzene rings is 1. The van der Waals surface area contributed by atoms with E-state index < -0.39 is 0 Å². The minimum Gasteiger partial charge on any atom is -0.493 e. The molecule has 5 nitrogen and oxygen atoms in total. The molecule has 1 atom stereocenters. The third-order valence-electron chi connectivity index (χ3n) is 3.61. The maximum Gasteiger partial charge on any atom is 0.276 e. The fourth-order valence-electron chi connectivity index (χ4n) is 2.01. The Labute approximate surface area is 126 Å². The van der Waals surface area contributed by atoms with E-state index in [1.54, 1.807) is 13.2 Å². The van der Waals surface area contributed by atoms with Gasteiger partial charge in [-0.3, -0.25) is 10.1 Å². The van der Waals surface area contributed by atoms with E-state index in [4.69, 9.17) is 9.47 Å². The first-order valence-electron chi connectivity index (χ1n) is 7.39. The zero-order valence-corrected chi connectivity index (χ0v) is 13.5. The highest BCUT2D eigenvalue weighted by atomic mass is 16.6. The summed E-state index contributed by atoms with van der Waals surface area (Å²) in [5, 5.41) is 11.3. The molecule has 21 heavy (non-hydrogen) atoms. The molecule has 0 saturated heterocycles. The summed E-state index contributed by atoms with van der Waals surface area (Å²) in [7, 11) is 1.55. The fourth-order valence-corrected chi connectivity index (χ4v) is 2.01. The summed E-state index contributed by atoms with van der Waals surface area (Å²) in [5.74, 6) is 1.62. The second kappa shape index (κ2) is 7.86. The normalized spacial score (nSPS) is 12.3. The van der Waals surface area contributed by atoms with Crippen LogP contribution >= 0.6 is 0 Å². The van der Waals surface area contributed by atoms with E-state index in [-0.39, 0.29) is 16.5 Å². The van der Waals surface area contributed by atoms with Crippen LogP contribution in [0.1, 0.15) is 52.0 Å². The third-order valence-corrected chi connectivity index (χ3v) is 3.61. The van der Waals surface area contributed by atoms with Crippen molar-refractivity contribution in [3.63, 3.8) is 0 Å². The fraction of sp³-hybridized carbons (Fsp3) is 0.625. The van der Waals surface area contributed by atoms with Crippen LogP contribution in [0.15, 0.2) is 12.1 Å². The molecule has 1 rings (SSSR count). The van der Waals surface area contributed by atoms with E-state index in [1.807, 2.05) is 13.8 Å². The van der Waals surface area contributed by atoms with Crippen LogP contribution in [0, 0.1) is 16.0 Å². The lowest BCUT2D eigenvalue weighted by molar-refractivity contribution is -0.385. The first-order valence-corrected chi connectivity index (χ1v) is 7.39. The highest BCUT2D eigenvalue weighted by molar-refractivity contribution is 5.55. The van der Waals surface area contributed by atoms with Gasteiger partial charge < -0.3 is 9.47 Å². The van der Waals surface area contributed by atoms with Gasteiger partial charge in [-0.2, -0.15) is 0 Å². The maximum atomic E-state index is 11.3. The molecule has 0 aliphatic carbocycles. The van der Waals surface area contributed by atoms with E-state index in [2.05, 4.69) is 13.8 Å². The molecule has 5 heteroatoms. The Balaban J connectivity index is 3.13. The van der Waals surface area contributed by atoms with E-state index in [0.29, 0.717) is 29.6 Å². The zero-order chi connectivity index (χ0) is 16.0. The van der Waals surface area contributed by atoms with Gasteiger partial charge in [0.1, 0.15) is 0 Å². The molecule has 0 aliphatic heterocycles. The van der Waals surface area contributed by atoms with E-state index in [0.717, 1.165) is 12.8 Å². The molecule has 0 radical (unpaired) electrons. The van der Waals surface area contributed by atoms with Gasteiger partial charge in [0.2, 0.25) is 0 Å². The van der Waals surface area contributed by atoms with Crippen molar-refractivity contribution in [2.24, 2.45) is 5.92 Å². The maximum absolute atomic E-state index is 11.3. The van der Waals surface area contributed by atoms with Crippen LogP contribution in [0.2, 0.25) is 0 Å². The summed E-state index contributed by atoms with van der Waals surface area (Å²) in [5.41, 5.74) is 0.792. The molecular weight excluding hydrogens is 270 g/mol. The van der Waals surface area contributed by atoms with Gasteiger partial charge in [-0.15, -0.1) is 0 Å². The van der Waals surface area contributed by atoms with E-state index in [1.165, 1.54) is 6.07 Å². The molecule has 0 heterocycles. The topological polar surface area (TPSA) is 61.6 Å². The lowest BCUT2D eigenvalue weighted by Gasteiger charge is -2.16. The van der Waals surface area contributed by atoms with Crippen molar-refractivity contribution < 1.29 is 14.4 Å². The highest BCUT2D eigenvalue weighted by Gasteiger charge is 2.22. The van der Waals surface area contributed by atoms with Gasteiger partial charge >= 0.3 is 0 Å². The quantitative estimate of drug-likeness (QED) is 0.521. The van der Waals surface area contributed by atoms with Gasteiger partial charge in [0.25, 0.3) is 5.69 Å². The highest BCUT2D eigenvalue weighted by Crippen LogP contribution is 2.39.